The van der Waals surface area contributed by atoms with E-state index < -0.39 is 12.3 Å². The number of aliphatic hydroxyl groups is 1. The Bertz CT molecular complexity index is 1440. The lowest BCUT2D eigenvalue weighted by atomic mass is 9.77. The van der Waals surface area contributed by atoms with E-state index in [2.05, 4.69) is 112 Å². The first-order valence-electron chi connectivity index (χ1n) is 11.2. The summed E-state index contributed by atoms with van der Waals surface area (Å²) in [6.45, 7) is 4.41. The van der Waals surface area contributed by atoms with E-state index in [1.165, 1.54) is 37.7 Å². The number of benzene rings is 4. The summed E-state index contributed by atoms with van der Waals surface area (Å²) in [6.07, 6.45) is -1.19. The summed E-state index contributed by atoms with van der Waals surface area (Å²) < 4.78 is 0.944. The van der Waals surface area contributed by atoms with Crippen molar-refractivity contribution in [2.45, 2.75) is 25.9 Å². The highest BCUT2D eigenvalue weighted by Crippen LogP contribution is 2.57. The van der Waals surface area contributed by atoms with Crippen LogP contribution in [0, 0.1) is 5.92 Å². The van der Waals surface area contributed by atoms with Crippen molar-refractivity contribution in [1.82, 2.24) is 0 Å². The third-order valence-corrected chi connectivity index (χ3v) is 11.1. The summed E-state index contributed by atoms with van der Waals surface area (Å²) in [4.78, 5) is 0. The van der Waals surface area contributed by atoms with Crippen LogP contribution in [-0.2, 0) is 0 Å². The van der Waals surface area contributed by atoms with E-state index in [4.69, 9.17) is 0 Å². The predicted octanol–water partition coefficient (Wildman–Crippen LogP) is 10.0. The largest absolute Gasteiger partial charge is 0.388 e. The van der Waals surface area contributed by atoms with E-state index in [9.17, 15) is 5.11 Å². The van der Waals surface area contributed by atoms with Crippen molar-refractivity contribution in [2.75, 3.05) is 0 Å². The number of hydrogen-bond acceptors (Lipinski definition) is 1. The molecule has 3 unspecified atom stereocenters. The Morgan fingerprint density at radius 3 is 2.12 bits per heavy atom. The fourth-order valence-corrected chi connectivity index (χ4v) is 8.87. The summed E-state index contributed by atoms with van der Waals surface area (Å²) in [6, 6.07) is 31.9. The van der Waals surface area contributed by atoms with Gasteiger partial charge in [0.2, 0.25) is 0 Å². The molecule has 1 aromatic heterocycles. The summed E-state index contributed by atoms with van der Waals surface area (Å²) in [5.41, 5.74) is 4.57. The van der Waals surface area contributed by atoms with Gasteiger partial charge in [-0.15, -0.1) is 0 Å². The molecule has 0 spiro atoms. The fraction of sp³-hybridized carbons (Fsp3) is 0.172. The van der Waals surface area contributed by atoms with Gasteiger partial charge in [0.05, 0.1) is 6.10 Å². The van der Waals surface area contributed by atoms with Crippen LogP contribution >= 0.6 is 37.7 Å². The Balaban J connectivity index is 1.86. The number of aliphatic hydroxyl groups excluding tert-OH is 1. The maximum Gasteiger partial charge on any atom is 0.0872 e. The summed E-state index contributed by atoms with van der Waals surface area (Å²) >= 11 is 7.68. The molecule has 0 saturated carbocycles. The molecule has 0 fully saturated rings. The second kappa shape index (κ2) is 9.39. The van der Waals surface area contributed by atoms with Crippen LogP contribution in [0.3, 0.4) is 0 Å². The molecule has 0 radical (unpaired) electrons. The first-order valence-corrected chi connectivity index (χ1v) is 15.3. The van der Waals surface area contributed by atoms with Crippen LogP contribution in [-0.4, -0.2) is 5.11 Å². The monoisotopic (exact) mass is 578 g/mol. The van der Waals surface area contributed by atoms with Crippen molar-refractivity contribution in [3.05, 3.63) is 107 Å². The van der Waals surface area contributed by atoms with Gasteiger partial charge in [0.25, 0.3) is 0 Å². The van der Waals surface area contributed by atoms with Crippen molar-refractivity contribution in [3.8, 4) is 11.1 Å². The van der Waals surface area contributed by atoms with Crippen LogP contribution in [0.2, 0.25) is 0 Å². The zero-order valence-electron chi connectivity index (χ0n) is 18.5. The van der Waals surface area contributed by atoms with Crippen LogP contribution in [0.1, 0.15) is 37.0 Å². The predicted molar refractivity (Wildman–Crippen MR) is 151 cm³/mol. The maximum absolute atomic E-state index is 11.7. The number of halogens is 2. The molecular weight excluding hydrogens is 555 g/mol. The Morgan fingerprint density at radius 2 is 1.39 bits per heavy atom. The third kappa shape index (κ3) is 4.00. The molecule has 33 heavy (non-hydrogen) atoms. The number of hydrogen-bond donors (Lipinski definition) is 1. The Labute approximate surface area is 212 Å². The molecule has 166 valence electrons. The molecular formula is C29H25Br2OP. The van der Waals surface area contributed by atoms with Gasteiger partial charge in [0.1, 0.15) is 0 Å². The van der Waals surface area contributed by atoms with Gasteiger partial charge >= 0.3 is 0 Å². The third-order valence-electron chi connectivity index (χ3n) is 6.52. The Kier molecular flexibility index (Phi) is 6.51. The average molecular weight is 580 g/mol. The van der Waals surface area contributed by atoms with Crippen LogP contribution in [0.4, 0.5) is 0 Å². The van der Waals surface area contributed by atoms with Gasteiger partial charge in [-0.25, -0.2) is 0 Å². The highest BCUT2D eigenvalue weighted by molar-refractivity contribution is 9.39. The molecule has 1 heterocycles. The lowest BCUT2D eigenvalue weighted by Gasteiger charge is -2.30. The number of fused-ring (bicyclic) bond motifs is 3. The van der Waals surface area contributed by atoms with Gasteiger partial charge in [-0.3, -0.25) is 0 Å². The molecule has 1 N–H and O–H groups in total. The highest BCUT2D eigenvalue weighted by Gasteiger charge is 2.31. The lowest BCUT2D eigenvalue weighted by molar-refractivity contribution is 0.123. The van der Waals surface area contributed by atoms with Crippen molar-refractivity contribution in [3.63, 3.8) is 0 Å². The van der Waals surface area contributed by atoms with Crippen molar-refractivity contribution < 1.29 is 5.11 Å². The van der Waals surface area contributed by atoms with E-state index in [0.717, 1.165) is 10.0 Å². The zero-order chi connectivity index (χ0) is 23.1. The molecule has 0 aliphatic rings. The molecule has 0 bridgehead atoms. The van der Waals surface area contributed by atoms with E-state index in [1.807, 2.05) is 24.3 Å². The van der Waals surface area contributed by atoms with Crippen LogP contribution in [0.15, 0.2) is 95.5 Å². The minimum Gasteiger partial charge on any atom is -0.388 e. The molecule has 0 amide bonds. The van der Waals surface area contributed by atoms with Gasteiger partial charge in [-0.2, -0.15) is 0 Å². The average Bonchev–Trinajstić information content (AvgIpc) is 3.12. The lowest BCUT2D eigenvalue weighted by Crippen LogP contribution is -2.18. The topological polar surface area (TPSA) is 20.2 Å². The smallest absolute Gasteiger partial charge is 0.0872 e. The summed E-state index contributed by atoms with van der Waals surface area (Å²) in [5, 5.41) is 17.0. The molecule has 5 rings (SSSR count). The molecule has 0 aliphatic carbocycles. The van der Waals surface area contributed by atoms with Gasteiger partial charge < -0.3 is 5.11 Å². The van der Waals surface area contributed by atoms with Gasteiger partial charge in [-0.05, 0) is 73.5 Å². The Hall–Kier alpha value is -1.90. The first-order chi connectivity index (χ1) is 16.0. The van der Waals surface area contributed by atoms with E-state index >= 15 is 0 Å². The van der Waals surface area contributed by atoms with E-state index in [-0.39, 0.29) is 11.8 Å². The summed E-state index contributed by atoms with van der Waals surface area (Å²) in [5.74, 6) is 0.188. The SMILES string of the molecule is CC(C)C(c1ccc2c(c1-c1ccccc1)c1ccccc1p2Br)C(O)c1ccccc1Br. The van der Waals surface area contributed by atoms with Crippen LogP contribution in [0.5, 0.6) is 0 Å². The van der Waals surface area contributed by atoms with Crippen LogP contribution in [0.25, 0.3) is 32.1 Å². The zero-order valence-corrected chi connectivity index (χ0v) is 22.6. The molecule has 3 atom stereocenters. The highest BCUT2D eigenvalue weighted by atomic mass is 79.9. The second-order valence-corrected chi connectivity index (χ2v) is 13.3. The Morgan fingerprint density at radius 1 is 0.727 bits per heavy atom. The normalized spacial score (nSPS) is 14.2. The van der Waals surface area contributed by atoms with Gasteiger partial charge in [0.15, 0.2) is 0 Å². The van der Waals surface area contributed by atoms with Gasteiger partial charge in [0, 0.05) is 26.0 Å². The summed E-state index contributed by atoms with van der Waals surface area (Å²) in [7, 11) is 0. The number of rotatable bonds is 5. The quantitative estimate of drug-likeness (QED) is 0.219. The van der Waals surface area contributed by atoms with Crippen molar-refractivity contribution in [1.29, 1.82) is 0 Å². The minimum atomic E-state index is -0.622. The molecule has 1 nitrogen and oxygen atoms in total. The molecule has 0 saturated heterocycles. The van der Waals surface area contributed by atoms with E-state index in [1.54, 1.807) is 0 Å². The molecule has 0 aliphatic heterocycles. The van der Waals surface area contributed by atoms with Crippen molar-refractivity contribution >= 4 is 58.7 Å². The van der Waals surface area contributed by atoms with E-state index in [0.29, 0.717) is 0 Å². The minimum absolute atomic E-state index is 0.0569. The maximum atomic E-state index is 11.7. The molecule has 5 aromatic rings. The van der Waals surface area contributed by atoms with Gasteiger partial charge in [-0.1, -0.05) is 103 Å². The van der Waals surface area contributed by atoms with Crippen molar-refractivity contribution in [2.24, 2.45) is 5.92 Å². The fourth-order valence-electron chi connectivity index (χ4n) is 5.03. The molecule has 4 heteroatoms. The standard InChI is InChI=1S/C29H25Br2OP/c1-18(2)26(29(32)20-12-6-8-14-23(20)30)22-16-17-25-28(27(22)19-10-4-3-5-11-19)21-13-7-9-15-24(21)33(25)31/h3-18,26,29,32H,1-2H3. The second-order valence-electron chi connectivity index (χ2n) is 8.82. The van der Waals surface area contributed by atoms with Crippen LogP contribution < -0.4 is 0 Å². The first kappa shape index (κ1) is 22.9. The molecule has 4 aromatic carbocycles.